The van der Waals surface area contributed by atoms with E-state index < -0.39 is 15.8 Å². The van der Waals surface area contributed by atoms with Gasteiger partial charge in [0.1, 0.15) is 0 Å². The predicted molar refractivity (Wildman–Crippen MR) is 62.0 cm³/mol. The van der Waals surface area contributed by atoms with Crippen LogP contribution in [0.1, 0.15) is 37.7 Å². The average molecular weight is 224 g/mol. The van der Waals surface area contributed by atoms with Crippen molar-refractivity contribution in [2.75, 3.05) is 0 Å². The van der Waals surface area contributed by atoms with Gasteiger partial charge >= 0.3 is 0 Å². The van der Waals surface area contributed by atoms with E-state index in [1.165, 1.54) is 6.42 Å². The minimum absolute atomic E-state index is 0.500. The number of benzene rings is 1. The third-order valence-electron chi connectivity index (χ3n) is 3.30. The van der Waals surface area contributed by atoms with Crippen molar-refractivity contribution in [3.63, 3.8) is 0 Å². The van der Waals surface area contributed by atoms with Crippen LogP contribution in [-0.4, -0.2) is 8.76 Å². The summed E-state index contributed by atoms with van der Waals surface area (Å²) in [7, 11) is 0. The summed E-state index contributed by atoms with van der Waals surface area (Å²) in [5.74, 6) is 0. The second-order valence-electron chi connectivity index (χ2n) is 4.17. The predicted octanol–water partition coefficient (Wildman–Crippen LogP) is 3.07. The Morgan fingerprint density at radius 3 is 2.20 bits per heavy atom. The van der Waals surface area contributed by atoms with Crippen molar-refractivity contribution in [2.24, 2.45) is 0 Å². The lowest BCUT2D eigenvalue weighted by atomic mass is 9.83. The van der Waals surface area contributed by atoms with Gasteiger partial charge in [0.2, 0.25) is 0 Å². The summed E-state index contributed by atoms with van der Waals surface area (Å²) in [5.41, 5.74) is 1.02. The lowest BCUT2D eigenvalue weighted by Gasteiger charge is -2.34. The van der Waals surface area contributed by atoms with Crippen LogP contribution in [0.5, 0.6) is 0 Å². The third kappa shape index (κ3) is 1.99. The van der Waals surface area contributed by atoms with Gasteiger partial charge in [-0.1, -0.05) is 49.6 Å². The highest BCUT2D eigenvalue weighted by molar-refractivity contribution is 7.80. The van der Waals surface area contributed by atoms with Crippen LogP contribution in [0.4, 0.5) is 0 Å². The second kappa shape index (κ2) is 4.45. The zero-order valence-corrected chi connectivity index (χ0v) is 9.50. The Kier molecular flexibility index (Phi) is 3.22. The van der Waals surface area contributed by atoms with Gasteiger partial charge < -0.3 is 4.55 Å². The maximum atomic E-state index is 11.6. The van der Waals surface area contributed by atoms with E-state index in [1.807, 2.05) is 30.3 Å². The Bertz CT molecular complexity index is 342. The molecule has 1 aliphatic carbocycles. The first kappa shape index (κ1) is 10.8. The van der Waals surface area contributed by atoms with Crippen molar-refractivity contribution in [2.45, 2.75) is 36.9 Å². The van der Waals surface area contributed by atoms with Gasteiger partial charge in [0.25, 0.3) is 0 Å². The van der Waals surface area contributed by atoms with E-state index in [-0.39, 0.29) is 0 Å². The van der Waals surface area contributed by atoms with Crippen LogP contribution in [0, 0.1) is 0 Å². The molecule has 1 aliphatic rings. The molecule has 0 radical (unpaired) electrons. The molecule has 82 valence electrons. The molecule has 3 heteroatoms. The van der Waals surface area contributed by atoms with Crippen LogP contribution in [0.15, 0.2) is 30.3 Å². The summed E-state index contributed by atoms with van der Waals surface area (Å²) < 4.78 is 20.6. The van der Waals surface area contributed by atoms with Crippen molar-refractivity contribution < 1.29 is 8.76 Å². The molecule has 0 heterocycles. The van der Waals surface area contributed by atoms with Crippen molar-refractivity contribution in [3.8, 4) is 0 Å². The maximum absolute atomic E-state index is 11.6. The molecular weight excluding hydrogens is 208 g/mol. The molecule has 1 saturated carbocycles. The molecule has 1 aromatic carbocycles. The Morgan fingerprint density at radius 1 is 1.07 bits per heavy atom. The lowest BCUT2D eigenvalue weighted by Crippen LogP contribution is -2.33. The first-order chi connectivity index (χ1) is 7.26. The molecule has 1 atom stereocenters. The van der Waals surface area contributed by atoms with Gasteiger partial charge in [-0.2, -0.15) is 0 Å². The number of hydrogen-bond acceptors (Lipinski definition) is 1. The lowest BCUT2D eigenvalue weighted by molar-refractivity contribution is 0.372. The zero-order chi connectivity index (χ0) is 10.7. The van der Waals surface area contributed by atoms with Gasteiger partial charge in [0.05, 0.1) is 4.75 Å². The molecule has 2 rings (SSSR count). The Morgan fingerprint density at radius 2 is 1.67 bits per heavy atom. The molecule has 0 spiro atoms. The monoisotopic (exact) mass is 224 g/mol. The van der Waals surface area contributed by atoms with E-state index in [0.29, 0.717) is 0 Å². The topological polar surface area (TPSA) is 37.3 Å². The van der Waals surface area contributed by atoms with Crippen LogP contribution < -0.4 is 0 Å². The summed E-state index contributed by atoms with van der Waals surface area (Å²) in [4.78, 5) is 0. The number of hydrogen-bond donors (Lipinski definition) is 1. The van der Waals surface area contributed by atoms with Crippen LogP contribution >= 0.6 is 0 Å². The van der Waals surface area contributed by atoms with E-state index >= 15 is 0 Å². The van der Waals surface area contributed by atoms with Crippen LogP contribution in [-0.2, 0) is 15.8 Å². The highest BCUT2D eigenvalue weighted by atomic mass is 32.2. The molecule has 1 unspecified atom stereocenters. The Hall–Kier alpha value is -0.670. The van der Waals surface area contributed by atoms with Crippen molar-refractivity contribution in [3.05, 3.63) is 35.9 Å². The maximum Gasteiger partial charge on any atom is 0.163 e. The minimum atomic E-state index is -1.76. The van der Waals surface area contributed by atoms with Gasteiger partial charge in [0, 0.05) is 0 Å². The fourth-order valence-electron chi connectivity index (χ4n) is 2.43. The molecule has 0 aromatic heterocycles. The Labute approximate surface area is 93.0 Å². The van der Waals surface area contributed by atoms with E-state index in [0.717, 1.165) is 31.2 Å². The molecule has 15 heavy (non-hydrogen) atoms. The summed E-state index contributed by atoms with van der Waals surface area (Å²) in [5, 5.41) is 0. The second-order valence-corrected chi connectivity index (χ2v) is 5.45. The first-order valence-corrected chi connectivity index (χ1v) is 6.53. The standard InChI is InChI=1S/C12H16O2S/c13-15(14)12(9-5-2-6-10-12)11-7-3-1-4-8-11/h1,3-4,7-8H,2,5-6,9-10H2,(H,13,14). The smallest absolute Gasteiger partial charge is 0.163 e. The quantitative estimate of drug-likeness (QED) is 0.784. The Balaban J connectivity index is 2.38. The normalized spacial score (nSPS) is 22.2. The zero-order valence-electron chi connectivity index (χ0n) is 8.69. The molecule has 0 bridgehead atoms. The van der Waals surface area contributed by atoms with Crippen molar-refractivity contribution in [1.29, 1.82) is 0 Å². The summed E-state index contributed by atoms with van der Waals surface area (Å²) in [6.07, 6.45) is 4.97. The van der Waals surface area contributed by atoms with Gasteiger partial charge in [-0.15, -0.1) is 0 Å². The molecule has 2 nitrogen and oxygen atoms in total. The SMILES string of the molecule is O=S(O)C1(c2ccccc2)CCCCC1. The summed E-state index contributed by atoms with van der Waals surface area (Å²) >= 11 is -1.76. The van der Waals surface area contributed by atoms with E-state index in [9.17, 15) is 8.76 Å². The number of rotatable bonds is 2. The van der Waals surface area contributed by atoms with E-state index in [4.69, 9.17) is 0 Å². The molecule has 1 N–H and O–H groups in total. The van der Waals surface area contributed by atoms with Gasteiger partial charge in [-0.05, 0) is 18.4 Å². The largest absolute Gasteiger partial charge is 0.305 e. The minimum Gasteiger partial charge on any atom is -0.305 e. The average Bonchev–Trinajstić information content (AvgIpc) is 2.31. The van der Waals surface area contributed by atoms with Crippen LogP contribution in [0.3, 0.4) is 0 Å². The molecule has 0 saturated heterocycles. The van der Waals surface area contributed by atoms with E-state index in [2.05, 4.69) is 0 Å². The van der Waals surface area contributed by atoms with Crippen molar-refractivity contribution in [1.82, 2.24) is 0 Å². The molecular formula is C12H16O2S. The fourth-order valence-corrected chi connectivity index (χ4v) is 3.40. The highest BCUT2D eigenvalue weighted by Crippen LogP contribution is 2.41. The molecule has 1 aromatic rings. The highest BCUT2D eigenvalue weighted by Gasteiger charge is 2.39. The third-order valence-corrected chi connectivity index (χ3v) is 4.61. The van der Waals surface area contributed by atoms with Gasteiger partial charge in [-0.3, -0.25) is 0 Å². The van der Waals surface area contributed by atoms with Gasteiger partial charge in [0.15, 0.2) is 11.1 Å². The van der Waals surface area contributed by atoms with Crippen molar-refractivity contribution >= 4 is 11.1 Å². The van der Waals surface area contributed by atoms with E-state index in [1.54, 1.807) is 0 Å². The summed E-state index contributed by atoms with van der Waals surface area (Å²) in [6, 6.07) is 9.77. The molecule has 0 aliphatic heterocycles. The molecule has 1 fully saturated rings. The van der Waals surface area contributed by atoms with Gasteiger partial charge in [-0.25, -0.2) is 4.21 Å². The summed E-state index contributed by atoms with van der Waals surface area (Å²) in [6.45, 7) is 0. The molecule has 0 amide bonds. The van der Waals surface area contributed by atoms with Crippen LogP contribution in [0.2, 0.25) is 0 Å². The fraction of sp³-hybridized carbons (Fsp3) is 0.500. The first-order valence-electron chi connectivity index (χ1n) is 5.42. The van der Waals surface area contributed by atoms with Crippen LogP contribution in [0.25, 0.3) is 0 Å².